The molecule has 2 aromatic carbocycles. The number of halogens is 1. The Morgan fingerprint density at radius 2 is 1.80 bits per heavy atom. The second kappa shape index (κ2) is 5.13. The van der Waals surface area contributed by atoms with E-state index in [0.29, 0.717) is 16.9 Å². The van der Waals surface area contributed by atoms with Gasteiger partial charge in [-0.25, -0.2) is 12.8 Å². The molecule has 2 rings (SSSR count). The van der Waals surface area contributed by atoms with E-state index in [4.69, 9.17) is 5.73 Å². The number of nitrogens with two attached hydrogens (primary N) is 1. The highest BCUT2D eigenvalue weighted by atomic mass is 32.2. The summed E-state index contributed by atoms with van der Waals surface area (Å²) in [5.41, 5.74) is 8.00. The minimum Gasteiger partial charge on any atom is -0.398 e. The van der Waals surface area contributed by atoms with Gasteiger partial charge in [0, 0.05) is 5.69 Å². The first kappa shape index (κ1) is 14.3. The molecular formula is C14H15FN2O2S. The molecule has 0 bridgehead atoms. The van der Waals surface area contributed by atoms with E-state index >= 15 is 0 Å². The van der Waals surface area contributed by atoms with Gasteiger partial charge in [0.25, 0.3) is 10.0 Å². The number of hydrogen-bond donors (Lipinski definition) is 2. The van der Waals surface area contributed by atoms with Crippen molar-refractivity contribution in [3.63, 3.8) is 0 Å². The lowest BCUT2D eigenvalue weighted by molar-refractivity contribution is 0.570. The van der Waals surface area contributed by atoms with Crippen molar-refractivity contribution < 1.29 is 12.8 Å². The molecule has 0 aliphatic heterocycles. The summed E-state index contributed by atoms with van der Waals surface area (Å²) in [6.07, 6.45) is 0. The minimum absolute atomic E-state index is 0.300. The predicted molar refractivity (Wildman–Crippen MR) is 77.5 cm³/mol. The van der Waals surface area contributed by atoms with E-state index in [9.17, 15) is 12.8 Å². The largest absolute Gasteiger partial charge is 0.398 e. The van der Waals surface area contributed by atoms with Gasteiger partial charge in [0.05, 0.1) is 5.69 Å². The SMILES string of the molecule is Cc1ccc(F)c(S(=O)(=O)Nc2ccc(C)c(N)c2)c1. The van der Waals surface area contributed by atoms with E-state index < -0.39 is 15.8 Å². The lowest BCUT2D eigenvalue weighted by atomic mass is 10.2. The van der Waals surface area contributed by atoms with Crippen molar-refractivity contribution in [2.24, 2.45) is 0 Å². The molecule has 0 saturated heterocycles. The van der Waals surface area contributed by atoms with Crippen LogP contribution < -0.4 is 10.5 Å². The zero-order valence-corrected chi connectivity index (χ0v) is 12.0. The number of hydrogen-bond acceptors (Lipinski definition) is 3. The van der Waals surface area contributed by atoms with Crippen LogP contribution in [0.3, 0.4) is 0 Å². The summed E-state index contributed by atoms with van der Waals surface area (Å²) in [7, 11) is -3.98. The summed E-state index contributed by atoms with van der Waals surface area (Å²) in [5.74, 6) is -0.789. The monoisotopic (exact) mass is 294 g/mol. The average Bonchev–Trinajstić information content (AvgIpc) is 2.36. The van der Waals surface area contributed by atoms with Crippen molar-refractivity contribution in [2.75, 3.05) is 10.5 Å². The topological polar surface area (TPSA) is 72.2 Å². The van der Waals surface area contributed by atoms with Crippen molar-refractivity contribution in [3.8, 4) is 0 Å². The zero-order valence-electron chi connectivity index (χ0n) is 11.1. The molecule has 0 aliphatic carbocycles. The number of benzene rings is 2. The first-order valence-electron chi connectivity index (χ1n) is 5.95. The second-order valence-electron chi connectivity index (χ2n) is 4.61. The highest BCUT2D eigenvalue weighted by Crippen LogP contribution is 2.22. The number of aryl methyl sites for hydroxylation is 2. The molecule has 0 fully saturated rings. The molecular weight excluding hydrogens is 279 g/mol. The molecule has 20 heavy (non-hydrogen) atoms. The molecule has 0 radical (unpaired) electrons. The molecule has 6 heteroatoms. The van der Waals surface area contributed by atoms with Crippen molar-refractivity contribution >= 4 is 21.4 Å². The van der Waals surface area contributed by atoms with Gasteiger partial charge in [-0.3, -0.25) is 4.72 Å². The summed E-state index contributed by atoms with van der Waals surface area (Å²) < 4.78 is 40.3. The van der Waals surface area contributed by atoms with E-state index in [1.165, 1.54) is 18.2 Å². The van der Waals surface area contributed by atoms with Crippen molar-refractivity contribution in [1.29, 1.82) is 0 Å². The van der Waals surface area contributed by atoms with Crippen molar-refractivity contribution in [2.45, 2.75) is 18.7 Å². The fourth-order valence-corrected chi connectivity index (χ4v) is 2.94. The molecule has 0 amide bonds. The fraction of sp³-hybridized carbons (Fsp3) is 0.143. The molecule has 0 heterocycles. The first-order chi connectivity index (χ1) is 9.29. The van der Waals surface area contributed by atoms with Crippen LogP contribution in [0.25, 0.3) is 0 Å². The number of nitrogens with one attached hydrogen (secondary N) is 1. The number of anilines is 2. The average molecular weight is 294 g/mol. The number of nitrogen functional groups attached to an aromatic ring is 1. The summed E-state index contributed by atoms with van der Waals surface area (Å²) in [4.78, 5) is -0.378. The highest BCUT2D eigenvalue weighted by molar-refractivity contribution is 7.92. The van der Waals surface area contributed by atoms with Gasteiger partial charge in [0.2, 0.25) is 0 Å². The van der Waals surface area contributed by atoms with Crippen molar-refractivity contribution in [3.05, 3.63) is 53.3 Å². The quantitative estimate of drug-likeness (QED) is 0.855. The molecule has 0 saturated carbocycles. The molecule has 2 aromatic rings. The van der Waals surface area contributed by atoms with E-state index in [1.54, 1.807) is 19.1 Å². The molecule has 0 spiro atoms. The minimum atomic E-state index is -3.98. The molecule has 4 nitrogen and oxygen atoms in total. The van der Waals surface area contributed by atoms with Crippen LogP contribution in [0.5, 0.6) is 0 Å². The Labute approximate surface area is 117 Å². The van der Waals surface area contributed by atoms with Gasteiger partial charge < -0.3 is 5.73 Å². The van der Waals surface area contributed by atoms with Gasteiger partial charge in [-0.2, -0.15) is 0 Å². The van der Waals surface area contributed by atoms with Gasteiger partial charge in [0.1, 0.15) is 10.7 Å². The Balaban J connectivity index is 2.40. The Bertz CT molecular complexity index is 758. The molecule has 106 valence electrons. The van der Waals surface area contributed by atoms with Crippen LogP contribution in [0, 0.1) is 19.7 Å². The van der Waals surface area contributed by atoms with Crippen LogP contribution in [0.2, 0.25) is 0 Å². The number of rotatable bonds is 3. The molecule has 0 atom stereocenters. The normalized spacial score (nSPS) is 11.3. The van der Waals surface area contributed by atoms with Crippen LogP contribution in [-0.4, -0.2) is 8.42 Å². The zero-order chi connectivity index (χ0) is 14.9. The lowest BCUT2D eigenvalue weighted by Crippen LogP contribution is -2.15. The van der Waals surface area contributed by atoms with Crippen LogP contribution in [0.4, 0.5) is 15.8 Å². The summed E-state index contributed by atoms with van der Waals surface area (Å²) >= 11 is 0. The lowest BCUT2D eigenvalue weighted by Gasteiger charge is -2.11. The van der Waals surface area contributed by atoms with E-state index in [-0.39, 0.29) is 4.90 Å². The van der Waals surface area contributed by atoms with Crippen LogP contribution in [-0.2, 0) is 10.0 Å². The molecule has 3 N–H and O–H groups in total. The summed E-state index contributed by atoms with van der Waals surface area (Å²) in [6, 6.07) is 8.71. The smallest absolute Gasteiger partial charge is 0.264 e. The third-order valence-electron chi connectivity index (χ3n) is 2.91. The summed E-state index contributed by atoms with van der Waals surface area (Å²) in [5, 5.41) is 0. The van der Waals surface area contributed by atoms with E-state index in [1.807, 2.05) is 6.92 Å². The van der Waals surface area contributed by atoms with Crippen LogP contribution in [0.15, 0.2) is 41.3 Å². The molecule has 0 aliphatic rings. The van der Waals surface area contributed by atoms with Crippen molar-refractivity contribution in [1.82, 2.24) is 0 Å². The predicted octanol–water partition coefficient (Wildman–Crippen LogP) is 2.83. The van der Waals surface area contributed by atoms with Gasteiger partial charge in [-0.05, 0) is 49.2 Å². The molecule has 0 aromatic heterocycles. The fourth-order valence-electron chi connectivity index (χ4n) is 1.73. The van der Waals surface area contributed by atoms with E-state index in [0.717, 1.165) is 11.6 Å². The van der Waals surface area contributed by atoms with E-state index in [2.05, 4.69) is 4.72 Å². The Morgan fingerprint density at radius 3 is 2.45 bits per heavy atom. The summed E-state index contributed by atoms with van der Waals surface area (Å²) in [6.45, 7) is 3.51. The standard InChI is InChI=1S/C14H15FN2O2S/c1-9-3-6-12(15)14(7-9)20(18,19)17-11-5-4-10(2)13(16)8-11/h3-8,17H,16H2,1-2H3. The maximum Gasteiger partial charge on any atom is 0.264 e. The van der Waals surface area contributed by atoms with Gasteiger partial charge >= 0.3 is 0 Å². The first-order valence-corrected chi connectivity index (χ1v) is 7.43. The molecule has 0 unspecified atom stereocenters. The maximum absolute atomic E-state index is 13.7. The number of sulfonamides is 1. The Kier molecular flexibility index (Phi) is 3.67. The Morgan fingerprint density at radius 1 is 1.10 bits per heavy atom. The maximum atomic E-state index is 13.7. The highest BCUT2D eigenvalue weighted by Gasteiger charge is 2.19. The van der Waals surface area contributed by atoms with Gasteiger partial charge in [0.15, 0.2) is 0 Å². The third kappa shape index (κ3) is 2.91. The second-order valence-corrected chi connectivity index (χ2v) is 6.26. The van der Waals surface area contributed by atoms with Gasteiger partial charge in [-0.15, -0.1) is 0 Å². The van der Waals surface area contributed by atoms with Crippen LogP contribution in [0.1, 0.15) is 11.1 Å². The van der Waals surface area contributed by atoms with Gasteiger partial charge in [-0.1, -0.05) is 12.1 Å². The van der Waals surface area contributed by atoms with Crippen LogP contribution >= 0.6 is 0 Å². The third-order valence-corrected chi connectivity index (χ3v) is 4.30. The Hall–Kier alpha value is -2.08.